The molecule has 0 unspecified atom stereocenters. The number of carbonyl (C=O) groups is 1. The zero-order valence-electron chi connectivity index (χ0n) is 13.1. The molecule has 3 rings (SSSR count). The molecule has 0 radical (unpaired) electrons. The third-order valence-electron chi connectivity index (χ3n) is 3.42. The van der Waals surface area contributed by atoms with Crippen molar-refractivity contribution >= 4 is 29.0 Å². The Labute approximate surface area is 148 Å². The molecule has 3 aromatic rings. The molecular weight excluding hydrogens is 336 g/mol. The average molecular weight is 350 g/mol. The lowest BCUT2D eigenvalue weighted by Gasteiger charge is -2.08. The fourth-order valence-corrected chi connectivity index (χ4v) is 3.21. The Hall–Kier alpha value is -3.12. The molecule has 0 heterocycles. The second-order valence-corrected chi connectivity index (χ2v) is 6.29. The van der Waals surface area contributed by atoms with Gasteiger partial charge in [-0.25, -0.2) is 0 Å². The molecule has 1 amide bonds. The molecule has 124 valence electrons. The molecule has 5 nitrogen and oxygen atoms in total. The molecule has 0 aliphatic carbocycles. The van der Waals surface area contributed by atoms with E-state index >= 15 is 0 Å². The summed E-state index contributed by atoms with van der Waals surface area (Å²) in [4.78, 5) is 24.5. The van der Waals surface area contributed by atoms with Gasteiger partial charge >= 0.3 is 0 Å². The van der Waals surface area contributed by atoms with Crippen LogP contribution < -0.4 is 5.32 Å². The van der Waals surface area contributed by atoms with Crippen molar-refractivity contribution in [3.05, 3.63) is 94.5 Å². The third kappa shape index (κ3) is 4.24. The summed E-state index contributed by atoms with van der Waals surface area (Å²) in [6.07, 6.45) is 0. The van der Waals surface area contributed by atoms with E-state index < -0.39 is 4.92 Å². The van der Waals surface area contributed by atoms with Gasteiger partial charge in [-0.1, -0.05) is 48.2 Å². The number of benzene rings is 3. The predicted molar refractivity (Wildman–Crippen MR) is 98.1 cm³/mol. The van der Waals surface area contributed by atoms with Crippen LogP contribution in [0.1, 0.15) is 10.4 Å². The minimum Gasteiger partial charge on any atom is -0.322 e. The highest BCUT2D eigenvalue weighted by molar-refractivity contribution is 7.99. The van der Waals surface area contributed by atoms with Gasteiger partial charge in [0.25, 0.3) is 11.6 Å². The van der Waals surface area contributed by atoms with Gasteiger partial charge in [-0.15, -0.1) is 0 Å². The minimum atomic E-state index is -0.423. The topological polar surface area (TPSA) is 72.2 Å². The van der Waals surface area contributed by atoms with E-state index in [1.54, 1.807) is 30.3 Å². The number of anilines is 1. The van der Waals surface area contributed by atoms with Crippen molar-refractivity contribution in [2.75, 3.05) is 5.32 Å². The van der Waals surface area contributed by atoms with E-state index in [1.165, 1.54) is 23.9 Å². The van der Waals surface area contributed by atoms with E-state index in [-0.39, 0.29) is 11.6 Å². The Bertz CT molecular complexity index is 899. The maximum absolute atomic E-state index is 12.3. The van der Waals surface area contributed by atoms with E-state index in [2.05, 4.69) is 5.32 Å². The van der Waals surface area contributed by atoms with Crippen molar-refractivity contribution in [2.45, 2.75) is 9.79 Å². The summed E-state index contributed by atoms with van der Waals surface area (Å²) in [7, 11) is 0. The van der Waals surface area contributed by atoms with Crippen molar-refractivity contribution in [3.63, 3.8) is 0 Å². The molecule has 0 fully saturated rings. The Kier molecular flexibility index (Phi) is 5.11. The summed E-state index contributed by atoms with van der Waals surface area (Å²) in [6.45, 7) is 0. The summed E-state index contributed by atoms with van der Waals surface area (Å²) in [5.74, 6) is -0.259. The van der Waals surface area contributed by atoms with Crippen LogP contribution in [0, 0.1) is 10.1 Å². The number of hydrogen-bond acceptors (Lipinski definition) is 4. The van der Waals surface area contributed by atoms with Gasteiger partial charge < -0.3 is 5.32 Å². The Morgan fingerprint density at radius 3 is 2.20 bits per heavy atom. The predicted octanol–water partition coefficient (Wildman–Crippen LogP) is 5.00. The smallest absolute Gasteiger partial charge is 0.283 e. The molecule has 1 N–H and O–H groups in total. The number of rotatable bonds is 5. The zero-order chi connectivity index (χ0) is 17.6. The standard InChI is InChI=1S/C19H14N2O3S/c22-19(14-7-3-1-4-8-14)20-15-11-12-17(21(23)24)18(13-15)25-16-9-5-2-6-10-16/h1-13H,(H,20,22). The summed E-state index contributed by atoms with van der Waals surface area (Å²) in [6, 6.07) is 22.8. The molecule has 0 saturated carbocycles. The molecular formula is C19H14N2O3S. The maximum atomic E-state index is 12.3. The van der Waals surface area contributed by atoms with Gasteiger partial charge in [0.2, 0.25) is 0 Å². The lowest BCUT2D eigenvalue weighted by molar-refractivity contribution is -0.387. The molecule has 0 aliphatic rings. The monoisotopic (exact) mass is 350 g/mol. The van der Waals surface area contributed by atoms with Crippen molar-refractivity contribution in [2.24, 2.45) is 0 Å². The first-order valence-electron chi connectivity index (χ1n) is 7.51. The van der Waals surface area contributed by atoms with Crippen molar-refractivity contribution in [1.82, 2.24) is 0 Å². The van der Waals surface area contributed by atoms with Crippen molar-refractivity contribution in [3.8, 4) is 0 Å². The molecule has 6 heteroatoms. The average Bonchev–Trinajstić information content (AvgIpc) is 2.63. The van der Waals surface area contributed by atoms with Crippen LogP contribution in [0.15, 0.2) is 88.7 Å². The largest absolute Gasteiger partial charge is 0.322 e. The maximum Gasteiger partial charge on any atom is 0.283 e. The van der Waals surface area contributed by atoms with Crippen molar-refractivity contribution < 1.29 is 9.72 Å². The van der Waals surface area contributed by atoms with Gasteiger partial charge in [0.05, 0.1) is 9.82 Å². The Morgan fingerprint density at radius 1 is 0.920 bits per heavy atom. The van der Waals surface area contributed by atoms with Crippen LogP contribution in [0.3, 0.4) is 0 Å². The number of hydrogen-bond donors (Lipinski definition) is 1. The molecule has 0 aliphatic heterocycles. The van der Waals surface area contributed by atoms with Gasteiger partial charge in [-0.05, 0) is 36.4 Å². The van der Waals surface area contributed by atoms with Gasteiger partial charge in [0.15, 0.2) is 0 Å². The fourth-order valence-electron chi connectivity index (χ4n) is 2.23. The number of nitrogens with zero attached hydrogens (tertiary/aromatic N) is 1. The molecule has 0 saturated heterocycles. The highest BCUT2D eigenvalue weighted by Crippen LogP contribution is 2.36. The fraction of sp³-hybridized carbons (Fsp3) is 0. The van der Waals surface area contributed by atoms with Crippen LogP contribution in [0.25, 0.3) is 0 Å². The van der Waals surface area contributed by atoms with Crippen LogP contribution >= 0.6 is 11.8 Å². The highest BCUT2D eigenvalue weighted by atomic mass is 32.2. The number of nitrogens with one attached hydrogen (secondary N) is 1. The summed E-state index contributed by atoms with van der Waals surface area (Å²) < 4.78 is 0. The van der Waals surface area contributed by atoms with Gasteiger partial charge in [0, 0.05) is 22.2 Å². The van der Waals surface area contributed by atoms with E-state index in [0.29, 0.717) is 16.1 Å². The first-order valence-corrected chi connectivity index (χ1v) is 8.33. The zero-order valence-corrected chi connectivity index (χ0v) is 13.9. The van der Waals surface area contributed by atoms with Gasteiger partial charge in [-0.3, -0.25) is 14.9 Å². The van der Waals surface area contributed by atoms with Crippen LogP contribution in [0.4, 0.5) is 11.4 Å². The molecule has 3 aromatic carbocycles. The van der Waals surface area contributed by atoms with Gasteiger partial charge in [-0.2, -0.15) is 0 Å². The second kappa shape index (κ2) is 7.63. The van der Waals surface area contributed by atoms with E-state index in [1.807, 2.05) is 36.4 Å². The van der Waals surface area contributed by atoms with Crippen LogP contribution in [0.2, 0.25) is 0 Å². The lowest BCUT2D eigenvalue weighted by Crippen LogP contribution is -2.11. The first-order chi connectivity index (χ1) is 12.1. The molecule has 0 spiro atoms. The second-order valence-electron chi connectivity index (χ2n) is 5.17. The lowest BCUT2D eigenvalue weighted by atomic mass is 10.2. The van der Waals surface area contributed by atoms with E-state index in [4.69, 9.17) is 0 Å². The van der Waals surface area contributed by atoms with Crippen LogP contribution in [-0.4, -0.2) is 10.8 Å². The summed E-state index contributed by atoms with van der Waals surface area (Å²) in [5, 5.41) is 14.0. The summed E-state index contributed by atoms with van der Waals surface area (Å²) >= 11 is 1.29. The van der Waals surface area contributed by atoms with Gasteiger partial charge in [0.1, 0.15) is 0 Å². The molecule has 0 atom stereocenters. The van der Waals surface area contributed by atoms with Crippen LogP contribution in [-0.2, 0) is 0 Å². The van der Waals surface area contributed by atoms with Crippen molar-refractivity contribution in [1.29, 1.82) is 0 Å². The third-order valence-corrected chi connectivity index (χ3v) is 4.48. The number of nitro benzene ring substituents is 1. The number of carbonyl (C=O) groups excluding carboxylic acids is 1. The number of nitro groups is 1. The first kappa shape index (κ1) is 16.7. The van der Waals surface area contributed by atoms with Crippen LogP contribution in [0.5, 0.6) is 0 Å². The molecule has 0 aromatic heterocycles. The highest BCUT2D eigenvalue weighted by Gasteiger charge is 2.16. The Balaban J connectivity index is 1.87. The SMILES string of the molecule is O=C(Nc1ccc([N+](=O)[O-])c(Sc2ccccc2)c1)c1ccccc1. The minimum absolute atomic E-state index is 0.00608. The normalized spacial score (nSPS) is 10.2. The number of amides is 1. The molecule has 0 bridgehead atoms. The summed E-state index contributed by atoms with van der Waals surface area (Å²) in [5.41, 5.74) is 1.04. The quantitative estimate of drug-likeness (QED) is 0.519. The van der Waals surface area contributed by atoms with E-state index in [9.17, 15) is 14.9 Å². The molecule has 25 heavy (non-hydrogen) atoms. The van der Waals surface area contributed by atoms with E-state index in [0.717, 1.165) is 4.90 Å². The Morgan fingerprint density at radius 2 is 1.56 bits per heavy atom.